The first kappa shape index (κ1) is 17.8. The summed E-state index contributed by atoms with van der Waals surface area (Å²) in [6.07, 6.45) is 8.72. The molecule has 1 saturated carbocycles. The van der Waals surface area contributed by atoms with E-state index in [0.29, 0.717) is 19.0 Å². The number of rotatable bonds is 7. The van der Waals surface area contributed by atoms with Gasteiger partial charge in [0.15, 0.2) is 0 Å². The van der Waals surface area contributed by atoms with E-state index >= 15 is 0 Å². The minimum absolute atomic E-state index is 0.0615. The molecule has 0 aliphatic heterocycles. The number of urea groups is 1. The zero-order valence-electron chi connectivity index (χ0n) is 13.4. The quantitative estimate of drug-likeness (QED) is 0.631. The molecule has 0 unspecified atom stereocenters. The van der Waals surface area contributed by atoms with Crippen molar-refractivity contribution in [1.82, 2.24) is 10.6 Å². The molecule has 21 heavy (non-hydrogen) atoms. The lowest BCUT2D eigenvalue weighted by Gasteiger charge is -2.24. The second-order valence-corrected chi connectivity index (χ2v) is 6.90. The molecule has 0 saturated heterocycles. The zero-order valence-corrected chi connectivity index (χ0v) is 13.4. The van der Waals surface area contributed by atoms with Gasteiger partial charge >= 0.3 is 12.0 Å². The van der Waals surface area contributed by atoms with Gasteiger partial charge in [0, 0.05) is 19.0 Å². The van der Waals surface area contributed by atoms with Gasteiger partial charge in [-0.2, -0.15) is 0 Å². The number of nitrogens with one attached hydrogen (secondary N) is 2. The minimum Gasteiger partial charge on any atom is -0.481 e. The van der Waals surface area contributed by atoms with E-state index in [1.54, 1.807) is 0 Å². The van der Waals surface area contributed by atoms with Crippen molar-refractivity contribution in [2.45, 2.75) is 77.7 Å². The number of aliphatic carboxylic acids is 1. The molecule has 0 aromatic heterocycles. The number of carboxylic acid groups (broad SMARTS) is 1. The van der Waals surface area contributed by atoms with Crippen LogP contribution >= 0.6 is 0 Å². The molecule has 0 atom stereocenters. The van der Waals surface area contributed by atoms with Crippen LogP contribution in [0.4, 0.5) is 4.79 Å². The number of carbonyl (C=O) groups is 2. The number of hydrogen-bond acceptors (Lipinski definition) is 2. The summed E-state index contributed by atoms with van der Waals surface area (Å²) in [6.45, 7) is 4.67. The van der Waals surface area contributed by atoms with Crippen LogP contribution < -0.4 is 10.6 Å². The van der Waals surface area contributed by atoms with Crippen LogP contribution in [0.25, 0.3) is 0 Å². The molecule has 0 spiro atoms. The monoisotopic (exact) mass is 298 g/mol. The number of amides is 2. The average molecular weight is 298 g/mol. The summed E-state index contributed by atoms with van der Waals surface area (Å²) in [5.74, 6) is -0.762. The summed E-state index contributed by atoms with van der Waals surface area (Å²) < 4.78 is 0. The van der Waals surface area contributed by atoms with Crippen LogP contribution in [0, 0.1) is 5.41 Å². The SMILES string of the molecule is CC(C)(CCNC(=O)NC1CCCCCC1)CCC(=O)O. The maximum atomic E-state index is 11.9. The van der Waals surface area contributed by atoms with Crippen molar-refractivity contribution in [3.63, 3.8) is 0 Å². The smallest absolute Gasteiger partial charge is 0.315 e. The maximum absolute atomic E-state index is 11.9. The molecule has 0 radical (unpaired) electrons. The van der Waals surface area contributed by atoms with Crippen LogP contribution in [-0.2, 0) is 4.79 Å². The summed E-state index contributed by atoms with van der Waals surface area (Å²) in [5, 5.41) is 14.7. The summed E-state index contributed by atoms with van der Waals surface area (Å²) in [7, 11) is 0. The molecule has 122 valence electrons. The van der Waals surface area contributed by atoms with E-state index in [-0.39, 0.29) is 17.9 Å². The molecule has 1 aliphatic rings. The molecule has 1 rings (SSSR count). The Bertz CT molecular complexity index is 334. The first-order chi connectivity index (χ1) is 9.89. The third-order valence-corrected chi connectivity index (χ3v) is 4.29. The van der Waals surface area contributed by atoms with Crippen molar-refractivity contribution in [2.75, 3.05) is 6.54 Å². The van der Waals surface area contributed by atoms with Gasteiger partial charge < -0.3 is 15.7 Å². The molecule has 1 aliphatic carbocycles. The third-order valence-electron chi connectivity index (χ3n) is 4.29. The van der Waals surface area contributed by atoms with E-state index < -0.39 is 5.97 Å². The van der Waals surface area contributed by atoms with Crippen LogP contribution in [-0.4, -0.2) is 29.7 Å². The summed E-state index contributed by atoms with van der Waals surface area (Å²) in [4.78, 5) is 22.5. The van der Waals surface area contributed by atoms with Gasteiger partial charge in [0.25, 0.3) is 0 Å². The van der Waals surface area contributed by atoms with Crippen molar-refractivity contribution < 1.29 is 14.7 Å². The molecule has 5 nitrogen and oxygen atoms in total. The van der Waals surface area contributed by atoms with Crippen molar-refractivity contribution in [1.29, 1.82) is 0 Å². The summed E-state index contributed by atoms with van der Waals surface area (Å²) in [6, 6.07) is 0.225. The van der Waals surface area contributed by atoms with E-state index in [1.165, 1.54) is 25.7 Å². The van der Waals surface area contributed by atoms with Gasteiger partial charge in [-0.05, 0) is 31.1 Å². The number of carboxylic acids is 1. The topological polar surface area (TPSA) is 78.4 Å². The van der Waals surface area contributed by atoms with Crippen LogP contribution in [0.3, 0.4) is 0 Å². The lowest BCUT2D eigenvalue weighted by atomic mass is 9.84. The first-order valence-corrected chi connectivity index (χ1v) is 8.15. The Morgan fingerprint density at radius 1 is 1.10 bits per heavy atom. The predicted octanol–water partition coefficient (Wildman–Crippen LogP) is 3.29. The molecule has 0 bridgehead atoms. The van der Waals surface area contributed by atoms with Gasteiger partial charge in [-0.15, -0.1) is 0 Å². The fraction of sp³-hybridized carbons (Fsp3) is 0.875. The average Bonchev–Trinajstić information content (AvgIpc) is 2.65. The van der Waals surface area contributed by atoms with Gasteiger partial charge in [0.05, 0.1) is 0 Å². The standard InChI is InChI=1S/C16H30N2O3/c1-16(2,10-9-14(19)20)11-12-17-15(21)18-13-7-5-3-4-6-8-13/h13H,3-12H2,1-2H3,(H,19,20)(H2,17,18,21). The van der Waals surface area contributed by atoms with Crippen molar-refractivity contribution >= 4 is 12.0 Å². The van der Waals surface area contributed by atoms with Crippen molar-refractivity contribution in [2.24, 2.45) is 5.41 Å². The van der Waals surface area contributed by atoms with Crippen LogP contribution in [0.15, 0.2) is 0 Å². The van der Waals surface area contributed by atoms with Crippen LogP contribution in [0.5, 0.6) is 0 Å². The molecular weight excluding hydrogens is 268 g/mol. The second-order valence-electron chi connectivity index (χ2n) is 6.90. The molecule has 1 fully saturated rings. The summed E-state index contributed by atoms with van der Waals surface area (Å²) >= 11 is 0. The Kier molecular flexibility index (Phi) is 7.54. The fourth-order valence-electron chi connectivity index (χ4n) is 2.74. The lowest BCUT2D eigenvalue weighted by molar-refractivity contribution is -0.137. The molecule has 0 aromatic carbocycles. The molecule has 3 N–H and O–H groups in total. The van der Waals surface area contributed by atoms with Gasteiger partial charge in [-0.25, -0.2) is 4.79 Å². The van der Waals surface area contributed by atoms with E-state index in [2.05, 4.69) is 10.6 Å². The zero-order chi connectivity index (χ0) is 15.7. The maximum Gasteiger partial charge on any atom is 0.315 e. The molecule has 0 aromatic rings. The van der Waals surface area contributed by atoms with Crippen LogP contribution in [0.1, 0.15) is 71.6 Å². The van der Waals surface area contributed by atoms with Gasteiger partial charge in [-0.1, -0.05) is 39.5 Å². The van der Waals surface area contributed by atoms with E-state index in [4.69, 9.17) is 5.11 Å². The number of hydrogen-bond donors (Lipinski definition) is 3. The van der Waals surface area contributed by atoms with Gasteiger partial charge in [0.1, 0.15) is 0 Å². The Labute approximate surface area is 127 Å². The van der Waals surface area contributed by atoms with Crippen molar-refractivity contribution in [3.8, 4) is 0 Å². The minimum atomic E-state index is -0.762. The highest BCUT2D eigenvalue weighted by molar-refractivity contribution is 5.74. The predicted molar refractivity (Wildman–Crippen MR) is 83.3 cm³/mol. The first-order valence-electron chi connectivity index (χ1n) is 8.15. The van der Waals surface area contributed by atoms with Gasteiger partial charge in [0.2, 0.25) is 0 Å². The second kappa shape index (κ2) is 8.90. The van der Waals surface area contributed by atoms with E-state index in [0.717, 1.165) is 19.3 Å². The van der Waals surface area contributed by atoms with Crippen molar-refractivity contribution in [3.05, 3.63) is 0 Å². The number of carbonyl (C=O) groups excluding carboxylic acids is 1. The molecular formula is C16H30N2O3. The molecule has 2 amide bonds. The van der Waals surface area contributed by atoms with Crippen LogP contribution in [0.2, 0.25) is 0 Å². The Balaban J connectivity index is 2.18. The van der Waals surface area contributed by atoms with E-state index in [9.17, 15) is 9.59 Å². The largest absolute Gasteiger partial charge is 0.481 e. The Morgan fingerprint density at radius 3 is 2.29 bits per heavy atom. The molecule has 0 heterocycles. The highest BCUT2D eigenvalue weighted by atomic mass is 16.4. The molecule has 5 heteroatoms. The highest BCUT2D eigenvalue weighted by Gasteiger charge is 2.20. The van der Waals surface area contributed by atoms with Gasteiger partial charge in [-0.3, -0.25) is 4.79 Å². The Morgan fingerprint density at radius 2 is 1.71 bits per heavy atom. The fourth-order valence-corrected chi connectivity index (χ4v) is 2.74. The third kappa shape index (κ3) is 8.58. The highest BCUT2D eigenvalue weighted by Crippen LogP contribution is 2.26. The normalized spacial score (nSPS) is 17.0. The Hall–Kier alpha value is -1.26. The van der Waals surface area contributed by atoms with E-state index in [1.807, 2.05) is 13.8 Å². The lowest BCUT2D eigenvalue weighted by Crippen LogP contribution is -2.42. The summed E-state index contributed by atoms with van der Waals surface area (Å²) in [5.41, 5.74) is -0.0615.